The fourth-order valence-electron chi connectivity index (χ4n) is 3.99. The van der Waals surface area contributed by atoms with Gasteiger partial charge in [0.25, 0.3) is 0 Å². The maximum atomic E-state index is 8.89. The molecule has 0 aromatic heterocycles. The number of hydrogen-bond donors (Lipinski definition) is 1. The molecule has 0 amide bonds. The van der Waals surface area contributed by atoms with Crippen molar-refractivity contribution in [2.75, 3.05) is 7.05 Å². The van der Waals surface area contributed by atoms with E-state index in [1.807, 2.05) is 36.3 Å². The summed E-state index contributed by atoms with van der Waals surface area (Å²) in [7, 11) is 2.04. The second-order valence-electron chi connectivity index (χ2n) is 6.59. The smallest absolute Gasteiger partial charge is 0.150 e. The summed E-state index contributed by atoms with van der Waals surface area (Å²) in [6, 6.07) is 10.5. The zero-order chi connectivity index (χ0) is 15.1. The van der Waals surface area contributed by atoms with Crippen LogP contribution in [0.25, 0.3) is 0 Å². The van der Waals surface area contributed by atoms with E-state index in [9.17, 15) is 0 Å². The van der Waals surface area contributed by atoms with Crippen LogP contribution in [0.4, 0.5) is 0 Å². The summed E-state index contributed by atoms with van der Waals surface area (Å²) in [6.45, 7) is 0. The van der Waals surface area contributed by atoms with Crippen molar-refractivity contribution in [1.29, 1.82) is 5.26 Å². The lowest BCUT2D eigenvalue weighted by molar-refractivity contribution is 0.244. The van der Waals surface area contributed by atoms with Crippen LogP contribution in [0.1, 0.15) is 36.8 Å². The summed E-state index contributed by atoms with van der Waals surface area (Å²) >= 11 is 1.78. The second kappa shape index (κ2) is 5.60. The van der Waals surface area contributed by atoms with E-state index >= 15 is 0 Å². The number of thioether (sulfide) groups is 1. The van der Waals surface area contributed by atoms with Gasteiger partial charge in [0.1, 0.15) is 10.5 Å². The van der Waals surface area contributed by atoms with Gasteiger partial charge in [-0.1, -0.05) is 30.3 Å². The molecule has 1 heterocycles. The standard InChI is InChI=1S/C17H20N4S/c1-21-17(19-15-9-12-4-7-14(15)8-12)22-16(20-21)13-5-2-11(10-18)3-6-13/h2-3,5-6,12,14-15,17,19H,4,7-9H2,1H3. The van der Waals surface area contributed by atoms with Crippen LogP contribution < -0.4 is 5.32 Å². The van der Waals surface area contributed by atoms with E-state index in [1.54, 1.807) is 11.8 Å². The highest BCUT2D eigenvalue weighted by atomic mass is 32.2. The fraction of sp³-hybridized carbons (Fsp3) is 0.529. The third-order valence-electron chi connectivity index (χ3n) is 5.17. The monoisotopic (exact) mass is 312 g/mol. The maximum absolute atomic E-state index is 8.89. The highest BCUT2D eigenvalue weighted by molar-refractivity contribution is 8.15. The molecule has 2 aliphatic carbocycles. The highest BCUT2D eigenvalue weighted by Crippen LogP contribution is 2.45. The summed E-state index contributed by atoms with van der Waals surface area (Å²) in [5.41, 5.74) is 2.01. The van der Waals surface area contributed by atoms with Crippen LogP contribution in [0.5, 0.6) is 0 Å². The molecule has 4 atom stereocenters. The van der Waals surface area contributed by atoms with Crippen molar-refractivity contribution < 1.29 is 0 Å². The van der Waals surface area contributed by atoms with Gasteiger partial charge in [-0.25, -0.2) is 0 Å². The molecule has 1 aromatic carbocycles. The van der Waals surface area contributed by atoms with Gasteiger partial charge in [-0.15, -0.1) is 0 Å². The minimum absolute atomic E-state index is 0.231. The molecule has 4 unspecified atom stereocenters. The van der Waals surface area contributed by atoms with E-state index < -0.39 is 0 Å². The van der Waals surface area contributed by atoms with Gasteiger partial charge in [-0.2, -0.15) is 10.4 Å². The Morgan fingerprint density at radius 1 is 1.27 bits per heavy atom. The van der Waals surface area contributed by atoms with Gasteiger partial charge in [-0.05, 0) is 43.2 Å². The van der Waals surface area contributed by atoms with Gasteiger partial charge < -0.3 is 0 Å². The van der Waals surface area contributed by atoms with Gasteiger partial charge in [0.05, 0.1) is 11.6 Å². The molecular weight excluding hydrogens is 292 g/mol. The van der Waals surface area contributed by atoms with E-state index in [1.165, 1.54) is 25.7 Å². The Morgan fingerprint density at radius 3 is 2.73 bits per heavy atom. The first-order valence-electron chi connectivity index (χ1n) is 7.97. The molecule has 4 nitrogen and oxygen atoms in total. The molecule has 1 aromatic rings. The number of rotatable bonds is 3. The molecule has 2 fully saturated rings. The van der Waals surface area contributed by atoms with E-state index in [0.717, 1.165) is 22.4 Å². The summed E-state index contributed by atoms with van der Waals surface area (Å²) in [6.07, 6.45) is 5.58. The van der Waals surface area contributed by atoms with Gasteiger partial charge in [0.2, 0.25) is 0 Å². The predicted molar refractivity (Wildman–Crippen MR) is 89.2 cm³/mol. The molecule has 1 aliphatic heterocycles. The molecule has 114 valence electrons. The van der Waals surface area contributed by atoms with E-state index in [2.05, 4.69) is 16.5 Å². The Hall–Kier alpha value is -1.51. The number of nitrogens with one attached hydrogen (secondary N) is 1. The zero-order valence-electron chi connectivity index (χ0n) is 12.7. The fourth-order valence-corrected chi connectivity index (χ4v) is 5.09. The Morgan fingerprint density at radius 2 is 2.09 bits per heavy atom. The first kappa shape index (κ1) is 14.1. The third kappa shape index (κ3) is 2.51. The average molecular weight is 312 g/mol. The van der Waals surface area contributed by atoms with Gasteiger partial charge in [-0.3, -0.25) is 10.3 Å². The third-order valence-corrected chi connectivity index (χ3v) is 6.37. The quantitative estimate of drug-likeness (QED) is 0.932. The predicted octanol–water partition coefficient (Wildman–Crippen LogP) is 2.96. The zero-order valence-corrected chi connectivity index (χ0v) is 13.5. The maximum Gasteiger partial charge on any atom is 0.150 e. The topological polar surface area (TPSA) is 51.4 Å². The number of benzene rings is 1. The van der Waals surface area contributed by atoms with E-state index in [-0.39, 0.29) is 5.50 Å². The van der Waals surface area contributed by atoms with Crippen LogP contribution in [0.15, 0.2) is 29.4 Å². The molecule has 2 saturated carbocycles. The number of fused-ring (bicyclic) bond motifs is 2. The van der Waals surface area contributed by atoms with Crippen molar-refractivity contribution in [3.8, 4) is 6.07 Å². The van der Waals surface area contributed by atoms with Crippen molar-refractivity contribution in [3.05, 3.63) is 35.4 Å². The molecule has 2 bridgehead atoms. The van der Waals surface area contributed by atoms with E-state index in [0.29, 0.717) is 11.6 Å². The first-order chi connectivity index (χ1) is 10.7. The molecule has 1 N–H and O–H groups in total. The van der Waals surface area contributed by atoms with Crippen LogP contribution in [0.2, 0.25) is 0 Å². The first-order valence-corrected chi connectivity index (χ1v) is 8.85. The average Bonchev–Trinajstić information content (AvgIpc) is 3.24. The van der Waals surface area contributed by atoms with Crippen molar-refractivity contribution in [3.63, 3.8) is 0 Å². The minimum Gasteiger partial charge on any atom is -0.284 e. The summed E-state index contributed by atoms with van der Waals surface area (Å²) in [4.78, 5) is 0. The molecule has 5 heteroatoms. The van der Waals surface area contributed by atoms with Crippen LogP contribution in [-0.4, -0.2) is 28.6 Å². The molecular formula is C17H20N4S. The Labute approximate surface area is 135 Å². The SMILES string of the molecule is CN1N=C(c2ccc(C#N)cc2)SC1NC1CC2CCC1C2. The Balaban J connectivity index is 1.42. The number of hydrogen-bond acceptors (Lipinski definition) is 5. The molecule has 22 heavy (non-hydrogen) atoms. The van der Waals surface area contributed by atoms with Crippen molar-refractivity contribution >= 4 is 16.8 Å². The van der Waals surface area contributed by atoms with Gasteiger partial charge >= 0.3 is 0 Å². The van der Waals surface area contributed by atoms with Crippen molar-refractivity contribution in [2.45, 2.75) is 37.2 Å². The molecule has 0 radical (unpaired) electrons. The normalized spacial score (nSPS) is 33.1. The van der Waals surface area contributed by atoms with Gasteiger partial charge in [0, 0.05) is 18.7 Å². The number of nitriles is 1. The molecule has 3 aliphatic rings. The van der Waals surface area contributed by atoms with Gasteiger partial charge in [0.15, 0.2) is 0 Å². The lowest BCUT2D eigenvalue weighted by atomic mass is 9.95. The van der Waals surface area contributed by atoms with Crippen molar-refractivity contribution in [2.24, 2.45) is 16.9 Å². The second-order valence-corrected chi connectivity index (χ2v) is 7.66. The highest BCUT2D eigenvalue weighted by Gasteiger charge is 2.41. The Bertz CT molecular complexity index is 633. The minimum atomic E-state index is 0.231. The Kier molecular flexibility index (Phi) is 3.59. The lowest BCUT2D eigenvalue weighted by Crippen LogP contribution is -2.44. The van der Waals surface area contributed by atoms with Crippen LogP contribution in [-0.2, 0) is 0 Å². The van der Waals surface area contributed by atoms with Crippen molar-refractivity contribution in [1.82, 2.24) is 10.3 Å². The van der Waals surface area contributed by atoms with E-state index in [4.69, 9.17) is 5.26 Å². The number of nitrogens with zero attached hydrogens (tertiary/aromatic N) is 3. The number of hydrazone groups is 1. The van der Waals surface area contributed by atoms with Crippen LogP contribution >= 0.6 is 11.8 Å². The lowest BCUT2D eigenvalue weighted by Gasteiger charge is -2.28. The summed E-state index contributed by atoms with van der Waals surface area (Å²) in [5.74, 6) is 1.83. The summed E-state index contributed by atoms with van der Waals surface area (Å²) in [5, 5.41) is 20.4. The summed E-state index contributed by atoms with van der Waals surface area (Å²) < 4.78 is 0. The van der Waals surface area contributed by atoms with Crippen LogP contribution in [0.3, 0.4) is 0 Å². The van der Waals surface area contributed by atoms with Crippen LogP contribution in [0, 0.1) is 23.2 Å². The molecule has 0 spiro atoms. The molecule has 0 saturated heterocycles. The molecule has 4 rings (SSSR count). The largest absolute Gasteiger partial charge is 0.284 e.